The quantitative estimate of drug-likeness (QED) is 0.403. The second-order valence-corrected chi connectivity index (χ2v) is 5.56. The molecule has 0 unspecified atom stereocenters. The van der Waals surface area contributed by atoms with Crippen molar-refractivity contribution in [2.75, 3.05) is 0 Å². The second-order valence-electron chi connectivity index (χ2n) is 5.56. The Kier molecular flexibility index (Phi) is 4.82. The molecule has 0 atom stereocenters. The van der Waals surface area contributed by atoms with E-state index in [4.69, 9.17) is 9.52 Å². The molecule has 0 saturated heterocycles. The van der Waals surface area contributed by atoms with Gasteiger partial charge in [-0.2, -0.15) is 5.26 Å². The Morgan fingerprint density at radius 1 is 1.11 bits per heavy atom. The van der Waals surface area contributed by atoms with Crippen molar-refractivity contribution in [2.45, 2.75) is 0 Å². The first kappa shape index (κ1) is 17.6. The van der Waals surface area contributed by atoms with Crippen LogP contribution in [0.3, 0.4) is 0 Å². The summed E-state index contributed by atoms with van der Waals surface area (Å²) in [6.07, 6.45) is 1.52. The number of non-ortho nitro benzene ring substituents is 1. The lowest BCUT2D eigenvalue weighted by molar-refractivity contribution is -0.384. The molecule has 0 aliphatic rings. The first-order chi connectivity index (χ1) is 13.0. The summed E-state index contributed by atoms with van der Waals surface area (Å²) < 4.78 is 5.69. The third-order valence-electron chi connectivity index (χ3n) is 3.82. The number of nitrogens with zero attached hydrogens (tertiary/aromatic N) is 2. The molecule has 3 aromatic rings. The molecule has 7 nitrogen and oxygen atoms in total. The third-order valence-corrected chi connectivity index (χ3v) is 3.82. The highest BCUT2D eigenvalue weighted by Gasteiger charge is 2.10. The van der Waals surface area contributed by atoms with Gasteiger partial charge >= 0.3 is 5.97 Å². The summed E-state index contributed by atoms with van der Waals surface area (Å²) >= 11 is 0. The van der Waals surface area contributed by atoms with E-state index in [2.05, 4.69) is 0 Å². The molecule has 3 rings (SSSR count). The number of rotatable bonds is 5. The topological polar surface area (TPSA) is 117 Å². The van der Waals surface area contributed by atoms with Gasteiger partial charge < -0.3 is 9.52 Å². The summed E-state index contributed by atoms with van der Waals surface area (Å²) in [7, 11) is 0. The van der Waals surface area contributed by atoms with E-state index in [9.17, 15) is 20.2 Å². The van der Waals surface area contributed by atoms with Crippen LogP contribution in [-0.2, 0) is 0 Å². The second kappa shape index (κ2) is 7.37. The smallest absolute Gasteiger partial charge is 0.335 e. The number of carbonyl (C=O) groups is 1. The summed E-state index contributed by atoms with van der Waals surface area (Å²) in [5.74, 6) is -0.167. The predicted molar refractivity (Wildman–Crippen MR) is 97.7 cm³/mol. The van der Waals surface area contributed by atoms with Crippen molar-refractivity contribution < 1.29 is 19.2 Å². The van der Waals surface area contributed by atoms with E-state index in [1.807, 2.05) is 6.07 Å². The Bertz CT molecular complexity index is 1090. The number of nitro groups is 1. The number of hydrogen-bond donors (Lipinski definition) is 1. The molecule has 0 fully saturated rings. The SMILES string of the molecule is N#C/C(=C\c1ccc(-c2cccc(C(=O)O)c2)o1)c1ccc([N+](=O)[O-])cc1. The average Bonchev–Trinajstić information content (AvgIpc) is 3.15. The van der Waals surface area contributed by atoms with Crippen molar-refractivity contribution in [1.29, 1.82) is 5.26 Å². The highest BCUT2D eigenvalue weighted by atomic mass is 16.6. The number of carboxylic acid groups (broad SMARTS) is 1. The van der Waals surface area contributed by atoms with E-state index < -0.39 is 10.9 Å². The van der Waals surface area contributed by atoms with Crippen molar-refractivity contribution in [3.05, 3.63) is 87.7 Å². The first-order valence-electron chi connectivity index (χ1n) is 7.78. The molecule has 1 heterocycles. The van der Waals surface area contributed by atoms with Crippen LogP contribution in [0.15, 0.2) is 65.1 Å². The van der Waals surface area contributed by atoms with Gasteiger partial charge in [-0.15, -0.1) is 0 Å². The predicted octanol–water partition coefficient (Wildman–Crippen LogP) is 4.62. The molecule has 1 N–H and O–H groups in total. The van der Waals surface area contributed by atoms with Gasteiger partial charge in [0.05, 0.1) is 22.1 Å². The molecule has 2 aromatic carbocycles. The number of hydrogen-bond acceptors (Lipinski definition) is 5. The Morgan fingerprint density at radius 2 is 1.85 bits per heavy atom. The average molecular weight is 360 g/mol. The van der Waals surface area contributed by atoms with Gasteiger partial charge in [-0.3, -0.25) is 10.1 Å². The van der Waals surface area contributed by atoms with E-state index in [0.717, 1.165) is 0 Å². The molecule has 0 saturated carbocycles. The number of furan rings is 1. The fourth-order valence-electron chi connectivity index (χ4n) is 2.48. The maximum absolute atomic E-state index is 11.1. The maximum atomic E-state index is 11.1. The van der Waals surface area contributed by atoms with Crippen molar-refractivity contribution >= 4 is 23.3 Å². The van der Waals surface area contributed by atoms with Crippen LogP contribution in [0.5, 0.6) is 0 Å². The van der Waals surface area contributed by atoms with Gasteiger partial charge in [0, 0.05) is 17.7 Å². The maximum Gasteiger partial charge on any atom is 0.335 e. The minimum atomic E-state index is -1.03. The monoisotopic (exact) mass is 360 g/mol. The number of nitro benzene ring substituents is 1. The minimum absolute atomic E-state index is 0.0605. The Morgan fingerprint density at radius 3 is 2.48 bits per heavy atom. The minimum Gasteiger partial charge on any atom is -0.478 e. The van der Waals surface area contributed by atoms with Gasteiger partial charge in [0.2, 0.25) is 0 Å². The van der Waals surface area contributed by atoms with E-state index in [0.29, 0.717) is 22.6 Å². The number of aromatic carboxylic acids is 1. The number of carboxylic acids is 1. The van der Waals surface area contributed by atoms with Gasteiger partial charge in [-0.25, -0.2) is 4.79 Å². The zero-order valence-electron chi connectivity index (χ0n) is 13.8. The van der Waals surface area contributed by atoms with Crippen LogP contribution in [-0.4, -0.2) is 16.0 Å². The fourth-order valence-corrected chi connectivity index (χ4v) is 2.48. The summed E-state index contributed by atoms with van der Waals surface area (Å²) in [5.41, 5.74) is 1.49. The molecule has 0 radical (unpaired) electrons. The van der Waals surface area contributed by atoms with Crippen LogP contribution in [0.1, 0.15) is 21.7 Å². The van der Waals surface area contributed by atoms with Gasteiger partial charge in [0.25, 0.3) is 5.69 Å². The van der Waals surface area contributed by atoms with Crippen LogP contribution in [0.2, 0.25) is 0 Å². The first-order valence-corrected chi connectivity index (χ1v) is 7.78. The van der Waals surface area contributed by atoms with Crippen molar-refractivity contribution in [3.8, 4) is 17.4 Å². The molecule has 0 spiro atoms. The van der Waals surface area contributed by atoms with Crippen molar-refractivity contribution in [3.63, 3.8) is 0 Å². The zero-order valence-corrected chi connectivity index (χ0v) is 13.8. The Balaban J connectivity index is 1.91. The molecule has 0 aliphatic heterocycles. The lowest BCUT2D eigenvalue weighted by Crippen LogP contribution is -1.95. The zero-order chi connectivity index (χ0) is 19.4. The lowest BCUT2D eigenvalue weighted by atomic mass is 10.1. The molecule has 1 aromatic heterocycles. The van der Waals surface area contributed by atoms with E-state index in [1.165, 1.54) is 42.5 Å². The van der Waals surface area contributed by atoms with Crippen LogP contribution < -0.4 is 0 Å². The lowest BCUT2D eigenvalue weighted by Gasteiger charge is -2.00. The highest BCUT2D eigenvalue weighted by molar-refractivity contribution is 5.90. The van der Waals surface area contributed by atoms with Crippen LogP contribution in [0.4, 0.5) is 5.69 Å². The fraction of sp³-hybridized carbons (Fsp3) is 0. The Hall–Kier alpha value is -4.18. The summed E-state index contributed by atoms with van der Waals surface area (Å²) in [4.78, 5) is 21.3. The van der Waals surface area contributed by atoms with E-state index in [-0.39, 0.29) is 16.8 Å². The number of allylic oxidation sites excluding steroid dienone is 1. The summed E-state index contributed by atoms with van der Waals surface area (Å²) in [5, 5.41) is 29.2. The standard InChI is InChI=1S/C20H12N2O5/c21-12-16(13-4-6-17(7-5-13)22(25)26)11-18-8-9-19(27-18)14-2-1-3-15(10-14)20(23)24/h1-11H,(H,23,24)/b16-11+. The van der Waals surface area contributed by atoms with Crippen LogP contribution >= 0.6 is 0 Å². The molecular formula is C20H12N2O5. The molecule has 0 amide bonds. The molecule has 0 aliphatic carbocycles. The molecule has 7 heteroatoms. The van der Waals surface area contributed by atoms with Crippen LogP contribution in [0.25, 0.3) is 23.0 Å². The summed E-state index contributed by atoms with van der Waals surface area (Å²) in [6.45, 7) is 0. The highest BCUT2D eigenvalue weighted by Crippen LogP contribution is 2.26. The third kappa shape index (κ3) is 3.91. The Labute approximate surface area is 153 Å². The summed E-state index contributed by atoms with van der Waals surface area (Å²) in [6, 6.07) is 17.3. The molecule has 27 heavy (non-hydrogen) atoms. The number of nitriles is 1. The van der Waals surface area contributed by atoms with Crippen LogP contribution in [0, 0.1) is 21.4 Å². The normalized spacial score (nSPS) is 11.0. The van der Waals surface area contributed by atoms with Gasteiger partial charge in [-0.1, -0.05) is 12.1 Å². The number of benzene rings is 2. The van der Waals surface area contributed by atoms with Crippen molar-refractivity contribution in [2.24, 2.45) is 0 Å². The molecule has 132 valence electrons. The van der Waals surface area contributed by atoms with Crippen molar-refractivity contribution in [1.82, 2.24) is 0 Å². The van der Waals surface area contributed by atoms with Gasteiger partial charge in [-0.05, 0) is 48.0 Å². The molecular weight excluding hydrogens is 348 g/mol. The molecule has 0 bridgehead atoms. The largest absolute Gasteiger partial charge is 0.478 e. The van der Waals surface area contributed by atoms with E-state index in [1.54, 1.807) is 24.3 Å². The van der Waals surface area contributed by atoms with Gasteiger partial charge in [0.1, 0.15) is 11.5 Å². The van der Waals surface area contributed by atoms with Gasteiger partial charge in [0.15, 0.2) is 0 Å². The van der Waals surface area contributed by atoms with E-state index >= 15 is 0 Å².